The third-order valence-corrected chi connectivity index (χ3v) is 7.51. The molecule has 0 bridgehead atoms. The third-order valence-electron chi connectivity index (χ3n) is 7.51. The summed E-state index contributed by atoms with van der Waals surface area (Å²) in [5.74, 6) is -1.84. The number of piperidine rings is 1. The Hall–Kier alpha value is -3.99. The Morgan fingerprint density at radius 2 is 1.77 bits per heavy atom. The van der Waals surface area contributed by atoms with E-state index in [2.05, 4.69) is 10.6 Å². The van der Waals surface area contributed by atoms with E-state index in [1.54, 1.807) is 31.4 Å². The largest absolute Gasteiger partial charge is 0.497 e. The molecule has 40 heavy (non-hydrogen) atoms. The van der Waals surface area contributed by atoms with Gasteiger partial charge in [-0.05, 0) is 35.9 Å². The molecule has 0 saturated carbocycles. The van der Waals surface area contributed by atoms with Crippen molar-refractivity contribution in [2.75, 3.05) is 46.9 Å². The predicted octanol–water partition coefficient (Wildman–Crippen LogP) is 0.361. The summed E-state index contributed by atoms with van der Waals surface area (Å²) < 4.78 is 23.9. The van der Waals surface area contributed by atoms with Gasteiger partial charge in [-0.1, -0.05) is 18.2 Å². The quantitative estimate of drug-likeness (QED) is 0.454. The van der Waals surface area contributed by atoms with Gasteiger partial charge in [0.2, 0.25) is 11.8 Å². The first-order chi connectivity index (χ1) is 19.3. The van der Waals surface area contributed by atoms with Crippen molar-refractivity contribution in [2.24, 2.45) is 5.92 Å². The molecule has 2 aliphatic heterocycles. The lowest BCUT2D eigenvalue weighted by Gasteiger charge is -2.42. The van der Waals surface area contributed by atoms with Crippen molar-refractivity contribution in [1.82, 2.24) is 15.1 Å². The molecular formula is C29H36FN4O6+. The molecule has 3 amide bonds. The van der Waals surface area contributed by atoms with Crippen LogP contribution in [-0.2, 0) is 25.5 Å². The Morgan fingerprint density at radius 1 is 1.05 bits per heavy atom. The molecule has 214 valence electrons. The summed E-state index contributed by atoms with van der Waals surface area (Å²) in [4.78, 5) is 56.2. The maximum Gasteiger partial charge on any atom is 0.328 e. The number of hydrogen-bond donors (Lipinski definition) is 2. The zero-order valence-electron chi connectivity index (χ0n) is 22.8. The summed E-state index contributed by atoms with van der Waals surface area (Å²) in [6.07, 6.45) is 1.57. The number of carbonyl (C=O) groups is 4. The Labute approximate surface area is 232 Å². The average molecular weight is 556 g/mol. The van der Waals surface area contributed by atoms with Crippen LogP contribution in [0.4, 0.5) is 4.39 Å². The van der Waals surface area contributed by atoms with Crippen LogP contribution in [0.1, 0.15) is 28.8 Å². The van der Waals surface area contributed by atoms with Gasteiger partial charge < -0.3 is 29.9 Å². The molecule has 0 radical (unpaired) electrons. The highest BCUT2D eigenvalue weighted by Crippen LogP contribution is 2.21. The van der Waals surface area contributed by atoms with Crippen LogP contribution in [0.25, 0.3) is 0 Å². The Kier molecular flexibility index (Phi) is 9.70. The van der Waals surface area contributed by atoms with Crippen LogP contribution in [-0.4, -0.2) is 92.5 Å². The fourth-order valence-corrected chi connectivity index (χ4v) is 5.27. The molecule has 2 saturated heterocycles. The molecule has 2 aromatic carbocycles. The normalized spacial score (nSPS) is 18.5. The standard InChI is InChI=1S/C29H35FN4O6/c1-39-23-8-6-19(7-9-23)16-24(29(38)40-2)32-26(35)25-18-33(27(36)21-4-3-5-22(30)17-21)14-15-34(25)28(37)20-10-12-31-13-11-20/h3-9,17,20,24-25,31H,10-16,18H2,1-2H3,(H,32,35)/p+1/t24-,25-/m0/s1. The van der Waals surface area contributed by atoms with E-state index in [0.29, 0.717) is 18.6 Å². The molecule has 2 atom stereocenters. The highest BCUT2D eigenvalue weighted by Gasteiger charge is 2.41. The molecule has 11 heteroatoms. The van der Waals surface area contributed by atoms with Gasteiger partial charge in [-0.2, -0.15) is 0 Å². The number of methoxy groups -OCH3 is 2. The van der Waals surface area contributed by atoms with E-state index in [-0.39, 0.29) is 43.4 Å². The average Bonchev–Trinajstić information content (AvgIpc) is 3.00. The number of rotatable bonds is 8. The second kappa shape index (κ2) is 13.4. The lowest BCUT2D eigenvalue weighted by atomic mass is 9.95. The van der Waals surface area contributed by atoms with Gasteiger partial charge in [-0.15, -0.1) is 0 Å². The van der Waals surface area contributed by atoms with Crippen molar-refractivity contribution in [3.8, 4) is 5.75 Å². The van der Waals surface area contributed by atoms with Crippen LogP contribution in [0.2, 0.25) is 0 Å². The minimum Gasteiger partial charge on any atom is -0.497 e. The van der Waals surface area contributed by atoms with Gasteiger partial charge in [0.15, 0.2) is 0 Å². The molecular weight excluding hydrogens is 519 g/mol. The van der Waals surface area contributed by atoms with E-state index in [1.165, 1.54) is 35.1 Å². The first kappa shape index (κ1) is 29.0. The van der Waals surface area contributed by atoms with Crippen LogP contribution in [0.3, 0.4) is 0 Å². The molecule has 0 aromatic heterocycles. The molecule has 2 aliphatic rings. The molecule has 3 N–H and O–H groups in total. The van der Waals surface area contributed by atoms with Gasteiger partial charge in [0.25, 0.3) is 5.91 Å². The van der Waals surface area contributed by atoms with Crippen LogP contribution in [0.5, 0.6) is 5.75 Å². The summed E-state index contributed by atoms with van der Waals surface area (Å²) >= 11 is 0. The van der Waals surface area contributed by atoms with E-state index in [9.17, 15) is 23.6 Å². The molecule has 0 spiro atoms. The van der Waals surface area contributed by atoms with Crippen LogP contribution in [0.15, 0.2) is 48.5 Å². The highest BCUT2D eigenvalue weighted by atomic mass is 19.1. The van der Waals surface area contributed by atoms with Crippen LogP contribution < -0.4 is 15.4 Å². The smallest absolute Gasteiger partial charge is 0.328 e. The number of amides is 3. The van der Waals surface area contributed by atoms with E-state index >= 15 is 0 Å². The molecule has 0 unspecified atom stereocenters. The summed E-state index contributed by atoms with van der Waals surface area (Å²) in [7, 11) is 2.79. The van der Waals surface area contributed by atoms with Gasteiger partial charge in [-0.3, -0.25) is 14.4 Å². The summed E-state index contributed by atoms with van der Waals surface area (Å²) in [6, 6.07) is 10.4. The fourth-order valence-electron chi connectivity index (χ4n) is 5.27. The van der Waals surface area contributed by atoms with Crippen molar-refractivity contribution in [3.05, 3.63) is 65.5 Å². The second-order valence-corrected chi connectivity index (χ2v) is 10.1. The molecule has 10 nitrogen and oxygen atoms in total. The van der Waals surface area contributed by atoms with Gasteiger partial charge in [0, 0.05) is 43.8 Å². The van der Waals surface area contributed by atoms with Gasteiger partial charge in [0.05, 0.1) is 33.9 Å². The fraction of sp³-hybridized carbons (Fsp3) is 0.448. The summed E-state index contributed by atoms with van der Waals surface area (Å²) in [6.45, 7) is 1.94. The van der Waals surface area contributed by atoms with Gasteiger partial charge in [-0.25, -0.2) is 9.18 Å². The molecule has 2 aromatic rings. The number of carbonyl (C=O) groups excluding carboxylic acids is 4. The van der Waals surface area contributed by atoms with Crippen molar-refractivity contribution in [3.63, 3.8) is 0 Å². The SMILES string of the molecule is COC(=O)[C@H](Cc1ccc(OC)cc1)NC(=O)[C@@H]1CN(C(=O)c2cccc(F)c2)CCN1C(=O)C1CC[NH2+]CC1. The number of nitrogens with zero attached hydrogens (tertiary/aromatic N) is 2. The summed E-state index contributed by atoms with van der Waals surface area (Å²) in [5, 5.41) is 4.92. The number of halogens is 1. The molecule has 4 rings (SSSR count). The Morgan fingerprint density at radius 3 is 2.42 bits per heavy atom. The minimum absolute atomic E-state index is 0.0812. The number of quaternary nitrogens is 1. The van der Waals surface area contributed by atoms with Crippen molar-refractivity contribution >= 4 is 23.7 Å². The topological polar surface area (TPSA) is 122 Å². The molecule has 2 heterocycles. The maximum absolute atomic E-state index is 13.8. The van der Waals surface area contributed by atoms with Crippen LogP contribution >= 0.6 is 0 Å². The van der Waals surface area contributed by atoms with Crippen molar-refractivity contribution < 1.29 is 38.4 Å². The van der Waals surface area contributed by atoms with E-state index in [1.807, 2.05) is 0 Å². The lowest BCUT2D eigenvalue weighted by Crippen LogP contribution is -2.86. The first-order valence-electron chi connectivity index (χ1n) is 13.5. The van der Waals surface area contributed by atoms with E-state index in [4.69, 9.17) is 9.47 Å². The number of nitrogens with one attached hydrogen (secondary N) is 1. The number of ether oxygens (including phenoxy) is 2. The number of piperazine rings is 1. The maximum atomic E-state index is 13.8. The highest BCUT2D eigenvalue weighted by molar-refractivity contribution is 5.96. The number of nitrogens with two attached hydrogens (primary N) is 1. The van der Waals surface area contributed by atoms with E-state index < -0.39 is 35.7 Å². The second-order valence-electron chi connectivity index (χ2n) is 10.1. The number of benzene rings is 2. The predicted molar refractivity (Wildman–Crippen MR) is 143 cm³/mol. The van der Waals surface area contributed by atoms with Gasteiger partial charge >= 0.3 is 5.97 Å². The van der Waals surface area contributed by atoms with Crippen molar-refractivity contribution in [2.45, 2.75) is 31.3 Å². The van der Waals surface area contributed by atoms with Gasteiger partial charge in [0.1, 0.15) is 23.7 Å². The lowest BCUT2D eigenvalue weighted by molar-refractivity contribution is -0.664. The zero-order valence-corrected chi connectivity index (χ0v) is 22.8. The first-order valence-corrected chi connectivity index (χ1v) is 13.5. The van der Waals surface area contributed by atoms with E-state index in [0.717, 1.165) is 24.7 Å². The Bertz CT molecular complexity index is 1220. The third kappa shape index (κ3) is 6.95. The number of esters is 1. The minimum atomic E-state index is -1.02. The molecule has 0 aliphatic carbocycles. The summed E-state index contributed by atoms with van der Waals surface area (Å²) in [5.41, 5.74) is 0.933. The van der Waals surface area contributed by atoms with Crippen molar-refractivity contribution in [1.29, 1.82) is 0 Å². The zero-order chi connectivity index (χ0) is 28.6. The number of hydrogen-bond acceptors (Lipinski definition) is 6. The monoisotopic (exact) mass is 555 g/mol. The van der Waals surface area contributed by atoms with Crippen LogP contribution in [0, 0.1) is 11.7 Å². The Balaban J connectivity index is 1.56. The molecule has 2 fully saturated rings.